The number of hydrogen-bond acceptors (Lipinski definition) is 2. The second-order valence-electron chi connectivity index (χ2n) is 5.64. The summed E-state index contributed by atoms with van der Waals surface area (Å²) in [6, 6.07) is 0. The van der Waals surface area contributed by atoms with Gasteiger partial charge in [-0.1, -0.05) is 27.7 Å². The number of aromatic amines is 2. The highest BCUT2D eigenvalue weighted by Crippen LogP contribution is 2.23. The Labute approximate surface area is 137 Å². The summed E-state index contributed by atoms with van der Waals surface area (Å²) in [6.45, 7) is 8.24. The minimum absolute atomic E-state index is 0.00116. The Balaban J connectivity index is 2.36. The van der Waals surface area contributed by atoms with Gasteiger partial charge in [0.05, 0.1) is 11.4 Å². The fraction of sp³-hybridized carbons (Fsp3) is 0.421. The second-order valence-corrected chi connectivity index (χ2v) is 5.64. The molecule has 0 bridgehead atoms. The maximum atomic E-state index is 12.5. The van der Waals surface area contributed by atoms with E-state index in [0.29, 0.717) is 11.4 Å². The zero-order valence-corrected chi connectivity index (χ0v) is 14.4. The van der Waals surface area contributed by atoms with E-state index >= 15 is 0 Å². The summed E-state index contributed by atoms with van der Waals surface area (Å²) in [4.78, 5) is 18.7. The van der Waals surface area contributed by atoms with Crippen molar-refractivity contribution in [2.45, 2.75) is 53.4 Å². The highest BCUT2D eigenvalue weighted by Gasteiger charge is 2.17. The molecule has 0 aromatic carbocycles. The SMILES string of the molecule is CCc1c[nH]c(C(=O)/C=C(\O)c2[nH]cc(CC)c2CC)c1CC. The summed E-state index contributed by atoms with van der Waals surface area (Å²) in [5.41, 5.74) is 5.68. The van der Waals surface area contributed by atoms with Gasteiger partial charge in [0.1, 0.15) is 5.76 Å². The number of carbonyl (C=O) groups excluding carboxylic acids is 1. The molecule has 2 rings (SSSR count). The van der Waals surface area contributed by atoms with Gasteiger partial charge in [-0.15, -0.1) is 0 Å². The van der Waals surface area contributed by atoms with Crippen LogP contribution in [0.25, 0.3) is 5.76 Å². The molecule has 0 aliphatic rings. The highest BCUT2D eigenvalue weighted by molar-refractivity contribution is 6.07. The van der Waals surface area contributed by atoms with Gasteiger partial charge in [-0.2, -0.15) is 0 Å². The molecule has 0 atom stereocenters. The maximum absolute atomic E-state index is 12.5. The predicted octanol–water partition coefficient (Wildman–Crippen LogP) is 4.37. The summed E-state index contributed by atoms with van der Waals surface area (Å²) in [5.74, 6) is -0.185. The average molecular weight is 314 g/mol. The molecule has 0 saturated carbocycles. The molecule has 0 unspecified atom stereocenters. The topological polar surface area (TPSA) is 68.9 Å². The van der Waals surface area contributed by atoms with Gasteiger partial charge in [0.2, 0.25) is 5.78 Å². The first-order valence-electron chi connectivity index (χ1n) is 8.40. The third-order valence-corrected chi connectivity index (χ3v) is 4.40. The average Bonchev–Trinajstić information content (AvgIpc) is 3.16. The van der Waals surface area contributed by atoms with Crippen LogP contribution in [0.5, 0.6) is 0 Å². The Kier molecular flexibility index (Phi) is 5.48. The molecule has 4 nitrogen and oxygen atoms in total. The zero-order valence-electron chi connectivity index (χ0n) is 14.4. The number of aryl methyl sites for hydroxylation is 2. The molecule has 124 valence electrons. The molecule has 0 spiro atoms. The molecule has 0 amide bonds. The monoisotopic (exact) mass is 314 g/mol. The van der Waals surface area contributed by atoms with Gasteiger partial charge in [-0.25, -0.2) is 0 Å². The van der Waals surface area contributed by atoms with Crippen LogP contribution >= 0.6 is 0 Å². The van der Waals surface area contributed by atoms with E-state index in [2.05, 4.69) is 30.7 Å². The number of ketones is 1. The second kappa shape index (κ2) is 7.36. The fourth-order valence-corrected chi connectivity index (χ4v) is 3.14. The van der Waals surface area contributed by atoms with Crippen molar-refractivity contribution in [1.29, 1.82) is 0 Å². The summed E-state index contributed by atoms with van der Waals surface area (Å²) in [5, 5.41) is 10.4. The summed E-state index contributed by atoms with van der Waals surface area (Å²) < 4.78 is 0. The molecule has 2 aromatic heterocycles. The van der Waals surface area contributed by atoms with E-state index in [0.717, 1.165) is 42.4 Å². The molecule has 0 aliphatic heterocycles. The lowest BCUT2D eigenvalue weighted by atomic mass is 10.0. The Bertz CT molecular complexity index is 720. The van der Waals surface area contributed by atoms with Crippen molar-refractivity contribution in [3.63, 3.8) is 0 Å². The van der Waals surface area contributed by atoms with E-state index in [9.17, 15) is 9.90 Å². The Morgan fingerprint density at radius 1 is 0.913 bits per heavy atom. The number of aliphatic hydroxyl groups is 1. The first-order chi connectivity index (χ1) is 11.1. The minimum Gasteiger partial charge on any atom is -0.506 e. The number of rotatable bonds is 7. The standard InChI is InChI=1S/C19H26N2O2/c1-5-12-10-20-18(14(12)7-3)16(22)9-17(23)19-15(8-4)13(6-2)11-21-19/h9-11,20-22H,5-8H2,1-4H3/b16-9-. The largest absolute Gasteiger partial charge is 0.506 e. The molecule has 0 radical (unpaired) electrons. The van der Waals surface area contributed by atoms with Gasteiger partial charge in [0.25, 0.3) is 0 Å². The van der Waals surface area contributed by atoms with Crippen molar-refractivity contribution in [2.75, 3.05) is 0 Å². The third-order valence-electron chi connectivity index (χ3n) is 4.40. The van der Waals surface area contributed by atoms with Crippen LogP contribution in [0.1, 0.15) is 66.1 Å². The Morgan fingerprint density at radius 2 is 1.39 bits per heavy atom. The van der Waals surface area contributed by atoms with Crippen molar-refractivity contribution < 1.29 is 9.90 Å². The number of nitrogens with one attached hydrogen (secondary N) is 2. The van der Waals surface area contributed by atoms with E-state index in [1.165, 1.54) is 11.6 Å². The van der Waals surface area contributed by atoms with Crippen molar-refractivity contribution in [1.82, 2.24) is 9.97 Å². The van der Waals surface area contributed by atoms with E-state index in [-0.39, 0.29) is 11.5 Å². The number of allylic oxidation sites excluding steroid dienone is 1. The van der Waals surface area contributed by atoms with Crippen LogP contribution in [-0.4, -0.2) is 20.9 Å². The maximum Gasteiger partial charge on any atom is 0.206 e. The van der Waals surface area contributed by atoms with Crippen molar-refractivity contribution in [3.05, 3.63) is 52.1 Å². The molecule has 4 heteroatoms. The lowest BCUT2D eigenvalue weighted by molar-refractivity contribution is 0.104. The van der Waals surface area contributed by atoms with Crippen molar-refractivity contribution >= 4 is 11.5 Å². The lowest BCUT2D eigenvalue weighted by Gasteiger charge is -2.04. The van der Waals surface area contributed by atoms with Crippen LogP contribution in [0.2, 0.25) is 0 Å². The number of H-pyrrole nitrogens is 2. The quantitative estimate of drug-likeness (QED) is 0.403. The van der Waals surface area contributed by atoms with Crippen LogP contribution < -0.4 is 0 Å². The normalized spacial score (nSPS) is 11.9. The van der Waals surface area contributed by atoms with E-state index in [1.807, 2.05) is 19.3 Å². The van der Waals surface area contributed by atoms with Crippen molar-refractivity contribution in [2.24, 2.45) is 0 Å². The van der Waals surface area contributed by atoms with E-state index in [4.69, 9.17) is 0 Å². The molecule has 23 heavy (non-hydrogen) atoms. The van der Waals surface area contributed by atoms with Gasteiger partial charge >= 0.3 is 0 Å². The lowest BCUT2D eigenvalue weighted by Crippen LogP contribution is -2.02. The van der Waals surface area contributed by atoms with Gasteiger partial charge < -0.3 is 15.1 Å². The van der Waals surface area contributed by atoms with Crippen LogP contribution in [0.4, 0.5) is 0 Å². The summed E-state index contributed by atoms with van der Waals surface area (Å²) in [7, 11) is 0. The van der Waals surface area contributed by atoms with Gasteiger partial charge in [0.15, 0.2) is 0 Å². The predicted molar refractivity (Wildman–Crippen MR) is 94.0 cm³/mol. The number of carbonyl (C=O) groups is 1. The Morgan fingerprint density at radius 3 is 1.87 bits per heavy atom. The zero-order chi connectivity index (χ0) is 17.0. The molecular formula is C19H26N2O2. The summed E-state index contributed by atoms with van der Waals surface area (Å²) in [6.07, 6.45) is 8.51. The third kappa shape index (κ3) is 3.26. The van der Waals surface area contributed by atoms with Crippen molar-refractivity contribution in [3.8, 4) is 0 Å². The number of aromatic nitrogens is 2. The highest BCUT2D eigenvalue weighted by atomic mass is 16.3. The van der Waals surface area contributed by atoms with Gasteiger partial charge in [-0.3, -0.25) is 4.79 Å². The molecule has 0 saturated heterocycles. The number of aliphatic hydroxyl groups excluding tert-OH is 1. The molecule has 0 aliphatic carbocycles. The first kappa shape index (κ1) is 17.1. The minimum atomic E-state index is -0.186. The van der Waals surface area contributed by atoms with Crippen LogP contribution in [0, 0.1) is 0 Å². The van der Waals surface area contributed by atoms with E-state index in [1.54, 1.807) is 0 Å². The number of hydrogen-bond donors (Lipinski definition) is 3. The van der Waals surface area contributed by atoms with Gasteiger partial charge in [-0.05, 0) is 47.9 Å². The molecule has 3 N–H and O–H groups in total. The van der Waals surface area contributed by atoms with Gasteiger partial charge in [0, 0.05) is 18.5 Å². The molecule has 0 fully saturated rings. The van der Waals surface area contributed by atoms with Crippen LogP contribution in [0.15, 0.2) is 18.5 Å². The molecular weight excluding hydrogens is 288 g/mol. The molecule has 2 aromatic rings. The fourth-order valence-electron chi connectivity index (χ4n) is 3.14. The molecule has 2 heterocycles. The first-order valence-corrected chi connectivity index (χ1v) is 8.40. The Hall–Kier alpha value is -2.23. The van der Waals surface area contributed by atoms with Crippen LogP contribution in [0.3, 0.4) is 0 Å². The summed E-state index contributed by atoms with van der Waals surface area (Å²) >= 11 is 0. The van der Waals surface area contributed by atoms with Crippen LogP contribution in [-0.2, 0) is 25.7 Å². The van der Waals surface area contributed by atoms with E-state index < -0.39 is 0 Å². The smallest absolute Gasteiger partial charge is 0.206 e.